The topological polar surface area (TPSA) is 97.2 Å². The van der Waals surface area contributed by atoms with Gasteiger partial charge in [-0.3, -0.25) is 0 Å². The van der Waals surface area contributed by atoms with Gasteiger partial charge >= 0.3 is 5.97 Å². The molecule has 178 valence electrons. The number of nitrogens with zero attached hydrogens (tertiary/aromatic N) is 4. The van der Waals surface area contributed by atoms with Crippen molar-refractivity contribution in [1.82, 2.24) is 19.1 Å². The van der Waals surface area contributed by atoms with E-state index in [9.17, 15) is 4.79 Å². The number of hydrogen-bond donors (Lipinski definition) is 1. The molecule has 0 saturated carbocycles. The van der Waals surface area contributed by atoms with Crippen molar-refractivity contribution in [3.05, 3.63) is 54.2 Å². The van der Waals surface area contributed by atoms with Gasteiger partial charge in [-0.25, -0.2) is 14.8 Å². The van der Waals surface area contributed by atoms with Crippen LogP contribution in [-0.2, 0) is 23.9 Å². The Bertz CT molecular complexity index is 1390. The summed E-state index contributed by atoms with van der Waals surface area (Å²) in [5.74, 6) is 0.867. The Hall–Kier alpha value is -3.65. The summed E-state index contributed by atoms with van der Waals surface area (Å²) in [5.41, 5.74) is 10.2. The minimum Gasteiger partial charge on any atom is -0.494 e. The first-order chi connectivity index (χ1) is 16.2. The molecule has 3 aromatic heterocycles. The van der Waals surface area contributed by atoms with Gasteiger partial charge in [0, 0.05) is 19.0 Å². The normalized spacial score (nSPS) is 11.8. The molecule has 0 saturated heterocycles. The number of imidazole rings is 1. The van der Waals surface area contributed by atoms with Crippen LogP contribution in [0.2, 0.25) is 0 Å². The molecule has 8 heteroatoms. The number of benzene rings is 1. The van der Waals surface area contributed by atoms with Gasteiger partial charge in [0.1, 0.15) is 16.9 Å². The highest BCUT2D eigenvalue weighted by Gasteiger charge is 2.23. The van der Waals surface area contributed by atoms with Crippen LogP contribution in [0.4, 0.5) is 0 Å². The lowest BCUT2D eigenvalue weighted by atomic mass is 10.0. The quantitative estimate of drug-likeness (QED) is 0.235. The van der Waals surface area contributed by atoms with E-state index < -0.39 is 11.5 Å². The van der Waals surface area contributed by atoms with Crippen molar-refractivity contribution in [2.24, 2.45) is 12.8 Å². The molecule has 0 unspecified atom stereocenters. The van der Waals surface area contributed by atoms with Crippen molar-refractivity contribution >= 4 is 28.0 Å². The third kappa shape index (κ3) is 4.05. The number of methoxy groups -OCH3 is 2. The second-order valence-electron chi connectivity index (χ2n) is 8.98. The molecule has 1 aromatic carbocycles. The van der Waals surface area contributed by atoms with Gasteiger partial charge in [0.25, 0.3) is 0 Å². The molecule has 0 radical (unpaired) electrons. The SMILES string of the molecule is C=CCCCn1c(-c2nc3cc(C(=O)OC)cc(OC)c3n2C)cc2ccc(C(C)(C)N)nc21. The summed E-state index contributed by atoms with van der Waals surface area (Å²) in [4.78, 5) is 22.0. The smallest absolute Gasteiger partial charge is 0.338 e. The number of allylic oxidation sites excluding steroid dienone is 1. The minimum absolute atomic E-state index is 0.388. The van der Waals surface area contributed by atoms with E-state index in [0.29, 0.717) is 16.8 Å². The first-order valence-electron chi connectivity index (χ1n) is 11.2. The largest absolute Gasteiger partial charge is 0.494 e. The number of aromatic nitrogens is 4. The molecular weight excluding hydrogens is 430 g/mol. The first kappa shape index (κ1) is 23.5. The van der Waals surface area contributed by atoms with Gasteiger partial charge in [0.05, 0.1) is 42.2 Å². The summed E-state index contributed by atoms with van der Waals surface area (Å²) in [5, 5.41) is 1.01. The molecule has 2 N–H and O–H groups in total. The van der Waals surface area contributed by atoms with E-state index in [1.165, 1.54) is 7.11 Å². The van der Waals surface area contributed by atoms with Crippen molar-refractivity contribution < 1.29 is 14.3 Å². The fourth-order valence-electron chi connectivity index (χ4n) is 4.22. The Balaban J connectivity index is 1.97. The van der Waals surface area contributed by atoms with Crippen LogP contribution >= 0.6 is 0 Å². The molecule has 34 heavy (non-hydrogen) atoms. The first-order valence-corrected chi connectivity index (χ1v) is 11.2. The van der Waals surface area contributed by atoms with Crippen LogP contribution in [0.5, 0.6) is 5.75 Å². The average Bonchev–Trinajstić information content (AvgIpc) is 3.34. The van der Waals surface area contributed by atoms with Gasteiger partial charge in [-0.05, 0) is 57.0 Å². The van der Waals surface area contributed by atoms with Gasteiger partial charge in [-0.15, -0.1) is 6.58 Å². The van der Waals surface area contributed by atoms with E-state index in [4.69, 9.17) is 25.2 Å². The zero-order valence-electron chi connectivity index (χ0n) is 20.4. The maximum Gasteiger partial charge on any atom is 0.338 e. The number of aryl methyl sites for hydroxylation is 2. The van der Waals surface area contributed by atoms with Crippen LogP contribution in [0.25, 0.3) is 33.6 Å². The lowest BCUT2D eigenvalue weighted by Crippen LogP contribution is -2.29. The van der Waals surface area contributed by atoms with E-state index in [0.717, 1.165) is 53.1 Å². The standard InChI is InChI=1S/C26H31N5O3/c1-7-8-9-12-31-19(14-16-10-11-21(26(2,3)27)29-23(16)31)24-28-18-13-17(25(32)34-6)15-20(33-5)22(18)30(24)4/h7,10-11,13-15H,1,8-9,12,27H2,2-6H3. The molecule has 0 aliphatic rings. The van der Waals surface area contributed by atoms with Crippen molar-refractivity contribution in [3.8, 4) is 17.3 Å². The summed E-state index contributed by atoms with van der Waals surface area (Å²) < 4.78 is 14.7. The Kier molecular flexibility index (Phi) is 6.18. The van der Waals surface area contributed by atoms with Crippen LogP contribution in [-0.4, -0.2) is 39.3 Å². The fraction of sp³-hybridized carbons (Fsp3) is 0.346. The lowest BCUT2D eigenvalue weighted by molar-refractivity contribution is 0.0600. The van der Waals surface area contributed by atoms with E-state index in [1.54, 1.807) is 19.2 Å². The van der Waals surface area contributed by atoms with Crippen molar-refractivity contribution in [2.45, 2.75) is 38.8 Å². The molecule has 3 heterocycles. The van der Waals surface area contributed by atoms with Crippen LogP contribution in [0, 0.1) is 0 Å². The third-order valence-corrected chi connectivity index (χ3v) is 6.00. The monoisotopic (exact) mass is 461 g/mol. The summed E-state index contributed by atoms with van der Waals surface area (Å²) >= 11 is 0. The lowest BCUT2D eigenvalue weighted by Gasteiger charge is -2.18. The predicted molar refractivity (Wildman–Crippen MR) is 134 cm³/mol. The molecular formula is C26H31N5O3. The number of esters is 1. The number of pyridine rings is 1. The number of ether oxygens (including phenoxy) is 2. The Labute approximate surface area is 199 Å². The zero-order chi connectivity index (χ0) is 24.6. The van der Waals surface area contributed by atoms with Crippen LogP contribution in [0.1, 0.15) is 42.7 Å². The summed E-state index contributed by atoms with van der Waals surface area (Å²) in [6.07, 6.45) is 3.72. The number of carbonyl (C=O) groups excluding carboxylic acids is 1. The van der Waals surface area contributed by atoms with Crippen molar-refractivity contribution in [2.75, 3.05) is 14.2 Å². The molecule has 0 atom stereocenters. The van der Waals surface area contributed by atoms with Crippen molar-refractivity contribution in [3.63, 3.8) is 0 Å². The molecule has 8 nitrogen and oxygen atoms in total. The third-order valence-electron chi connectivity index (χ3n) is 6.00. The van der Waals surface area contributed by atoms with Crippen LogP contribution in [0.15, 0.2) is 43.0 Å². The number of hydrogen-bond acceptors (Lipinski definition) is 6. The number of rotatable bonds is 8. The number of unbranched alkanes of at least 4 members (excludes halogenated alkanes) is 1. The minimum atomic E-state index is -0.555. The summed E-state index contributed by atoms with van der Waals surface area (Å²) in [6.45, 7) is 8.50. The van der Waals surface area contributed by atoms with Crippen LogP contribution in [0.3, 0.4) is 0 Å². The second-order valence-corrected chi connectivity index (χ2v) is 8.98. The molecule has 4 aromatic rings. The average molecular weight is 462 g/mol. The molecule has 0 aliphatic heterocycles. The molecule has 0 bridgehead atoms. The highest BCUT2D eigenvalue weighted by atomic mass is 16.5. The van der Waals surface area contributed by atoms with E-state index >= 15 is 0 Å². The van der Waals surface area contributed by atoms with Gasteiger partial charge in [0.2, 0.25) is 0 Å². The zero-order valence-corrected chi connectivity index (χ0v) is 20.4. The molecule has 0 amide bonds. The Morgan fingerprint density at radius 1 is 1.21 bits per heavy atom. The van der Waals surface area contributed by atoms with Gasteiger partial charge < -0.3 is 24.3 Å². The van der Waals surface area contributed by atoms with Gasteiger partial charge in [0.15, 0.2) is 5.82 Å². The Morgan fingerprint density at radius 3 is 2.62 bits per heavy atom. The molecule has 0 spiro atoms. The Morgan fingerprint density at radius 2 is 1.97 bits per heavy atom. The van der Waals surface area contributed by atoms with E-state index in [1.807, 2.05) is 37.6 Å². The van der Waals surface area contributed by atoms with E-state index in [-0.39, 0.29) is 0 Å². The maximum atomic E-state index is 12.2. The van der Waals surface area contributed by atoms with Gasteiger partial charge in [-0.1, -0.05) is 6.08 Å². The fourth-order valence-corrected chi connectivity index (χ4v) is 4.22. The molecule has 0 aliphatic carbocycles. The van der Waals surface area contributed by atoms with Gasteiger partial charge in [-0.2, -0.15) is 0 Å². The highest BCUT2D eigenvalue weighted by molar-refractivity contribution is 5.97. The molecule has 0 fully saturated rings. The highest BCUT2D eigenvalue weighted by Crippen LogP contribution is 2.34. The second kappa shape index (κ2) is 8.95. The number of nitrogens with two attached hydrogens (primary N) is 1. The number of fused-ring (bicyclic) bond motifs is 2. The predicted octanol–water partition coefficient (Wildman–Crippen LogP) is 4.55. The van der Waals surface area contributed by atoms with Crippen molar-refractivity contribution in [1.29, 1.82) is 0 Å². The molecule has 4 rings (SSSR count). The summed E-state index contributed by atoms with van der Waals surface area (Å²) in [6, 6.07) is 9.53. The summed E-state index contributed by atoms with van der Waals surface area (Å²) in [7, 11) is 4.88. The van der Waals surface area contributed by atoms with Crippen LogP contribution < -0.4 is 10.5 Å². The number of carbonyl (C=O) groups is 1. The van der Waals surface area contributed by atoms with E-state index in [2.05, 4.69) is 23.3 Å². The maximum absolute atomic E-state index is 12.2.